The predicted octanol–water partition coefficient (Wildman–Crippen LogP) is 4.57. The van der Waals surface area contributed by atoms with E-state index in [0.29, 0.717) is 20.6 Å². The highest BCUT2D eigenvalue weighted by Gasteiger charge is 2.32. The first-order valence-electron chi connectivity index (χ1n) is 12.5. The third-order valence-corrected chi connectivity index (χ3v) is 7.78. The first-order chi connectivity index (χ1) is 19.0. The lowest BCUT2D eigenvalue weighted by atomic mass is 9.95. The Labute approximate surface area is 228 Å². The molecule has 0 saturated heterocycles. The van der Waals surface area contributed by atoms with Gasteiger partial charge in [-0.05, 0) is 37.1 Å². The van der Waals surface area contributed by atoms with Crippen molar-refractivity contribution in [1.82, 2.24) is 14.8 Å². The van der Waals surface area contributed by atoms with Gasteiger partial charge in [0.2, 0.25) is 0 Å². The normalized spacial score (nSPS) is 15.1. The number of anilines is 1. The van der Waals surface area contributed by atoms with Crippen LogP contribution in [0.5, 0.6) is 0 Å². The number of fused-ring (bicyclic) bond motifs is 1. The van der Waals surface area contributed by atoms with E-state index in [2.05, 4.69) is 15.5 Å². The maximum atomic E-state index is 14.0. The Kier molecular flexibility index (Phi) is 6.38. The molecule has 0 radical (unpaired) electrons. The number of benzene rings is 3. The van der Waals surface area contributed by atoms with Gasteiger partial charge in [-0.15, -0.1) is 0 Å². The minimum Gasteiger partial charge on any atom is -0.322 e. The maximum Gasteiger partial charge on any atom is 0.271 e. The Morgan fingerprint density at radius 1 is 0.974 bits per heavy atom. The summed E-state index contributed by atoms with van der Waals surface area (Å²) in [6.45, 7) is 3.77. The van der Waals surface area contributed by atoms with Crippen LogP contribution in [-0.2, 0) is 4.79 Å². The summed E-state index contributed by atoms with van der Waals surface area (Å²) in [4.78, 5) is 33.0. The van der Waals surface area contributed by atoms with E-state index in [1.165, 1.54) is 11.3 Å². The predicted molar refractivity (Wildman–Crippen MR) is 154 cm³/mol. The number of allylic oxidation sites excluding steroid dienone is 1. The van der Waals surface area contributed by atoms with Crippen LogP contribution in [0.15, 0.2) is 112 Å². The molecular weight excluding hydrogens is 506 g/mol. The number of carbonyl (C=O) groups is 1. The second kappa shape index (κ2) is 10.2. The van der Waals surface area contributed by atoms with Crippen molar-refractivity contribution in [2.75, 3.05) is 5.32 Å². The minimum absolute atomic E-state index is 0.207. The average molecular weight is 532 g/mol. The van der Waals surface area contributed by atoms with E-state index in [4.69, 9.17) is 4.99 Å². The van der Waals surface area contributed by atoms with Gasteiger partial charge in [-0.3, -0.25) is 19.3 Å². The van der Waals surface area contributed by atoms with E-state index in [-0.39, 0.29) is 11.5 Å². The number of H-pyrrole nitrogens is 1. The Bertz CT molecular complexity index is 1900. The number of aromatic amines is 1. The van der Waals surface area contributed by atoms with Gasteiger partial charge in [0.05, 0.1) is 33.7 Å². The van der Waals surface area contributed by atoms with Crippen LogP contribution in [0.25, 0.3) is 17.3 Å². The number of aryl methyl sites for hydroxylation is 1. The molecule has 0 bridgehead atoms. The summed E-state index contributed by atoms with van der Waals surface area (Å²) in [5.41, 5.74) is 5.93. The van der Waals surface area contributed by atoms with Gasteiger partial charge >= 0.3 is 0 Å². The third-order valence-electron chi connectivity index (χ3n) is 6.79. The molecule has 3 aromatic carbocycles. The number of rotatable bonds is 5. The summed E-state index contributed by atoms with van der Waals surface area (Å²) in [5, 5.41) is 10.3. The topological polar surface area (TPSA) is 92.1 Å². The van der Waals surface area contributed by atoms with Crippen LogP contribution in [0, 0.1) is 6.92 Å². The van der Waals surface area contributed by atoms with Crippen LogP contribution in [0.4, 0.5) is 5.69 Å². The van der Waals surface area contributed by atoms with Crippen molar-refractivity contribution in [1.29, 1.82) is 0 Å². The Morgan fingerprint density at radius 2 is 1.67 bits per heavy atom. The van der Waals surface area contributed by atoms with E-state index < -0.39 is 6.04 Å². The Morgan fingerprint density at radius 3 is 2.41 bits per heavy atom. The molecular formula is C31H25N5O2S. The van der Waals surface area contributed by atoms with Crippen molar-refractivity contribution in [2.45, 2.75) is 19.9 Å². The zero-order valence-electron chi connectivity index (χ0n) is 21.4. The molecule has 5 aromatic rings. The smallest absolute Gasteiger partial charge is 0.271 e. The van der Waals surface area contributed by atoms with Gasteiger partial charge in [-0.25, -0.2) is 4.99 Å². The van der Waals surface area contributed by atoms with Gasteiger partial charge in [-0.1, -0.05) is 90.2 Å². The van der Waals surface area contributed by atoms with Crippen LogP contribution in [0.2, 0.25) is 0 Å². The lowest BCUT2D eigenvalue weighted by Gasteiger charge is -2.25. The molecule has 0 fully saturated rings. The van der Waals surface area contributed by atoms with Gasteiger partial charge in [0.15, 0.2) is 4.80 Å². The van der Waals surface area contributed by atoms with E-state index in [1.54, 1.807) is 10.8 Å². The SMILES string of the molecule is CC1=C(C(=O)Nc2ccccc2C)[C@@H](c2ccccc2)n2c(s/c(=C/c3cn[nH]c3-c3ccccc3)c2=O)=N1. The maximum absolute atomic E-state index is 14.0. The van der Waals surface area contributed by atoms with Crippen LogP contribution in [0.1, 0.15) is 29.7 Å². The highest BCUT2D eigenvalue weighted by molar-refractivity contribution is 7.07. The Balaban J connectivity index is 1.49. The molecule has 7 nitrogen and oxygen atoms in total. The molecule has 0 aliphatic carbocycles. The second-order valence-electron chi connectivity index (χ2n) is 9.33. The fourth-order valence-corrected chi connectivity index (χ4v) is 5.89. The molecule has 0 unspecified atom stereocenters. The largest absolute Gasteiger partial charge is 0.322 e. The second-order valence-corrected chi connectivity index (χ2v) is 10.3. The number of thiazole rings is 1. The van der Waals surface area contributed by atoms with Crippen molar-refractivity contribution in [3.8, 4) is 11.3 Å². The molecule has 6 rings (SSSR count). The molecule has 8 heteroatoms. The van der Waals surface area contributed by atoms with Crippen molar-refractivity contribution in [2.24, 2.45) is 4.99 Å². The quantitative estimate of drug-likeness (QED) is 0.348. The number of carbonyl (C=O) groups excluding carboxylic acids is 1. The van der Waals surface area contributed by atoms with Gasteiger partial charge < -0.3 is 5.32 Å². The Hall–Kier alpha value is -4.82. The number of para-hydroxylation sites is 1. The van der Waals surface area contributed by atoms with Gasteiger partial charge in [-0.2, -0.15) is 5.10 Å². The van der Waals surface area contributed by atoms with Crippen LogP contribution in [-0.4, -0.2) is 20.7 Å². The molecule has 39 heavy (non-hydrogen) atoms. The van der Waals surface area contributed by atoms with E-state index in [0.717, 1.165) is 33.6 Å². The molecule has 2 aromatic heterocycles. The van der Waals surface area contributed by atoms with Gasteiger partial charge in [0.1, 0.15) is 0 Å². The minimum atomic E-state index is -0.619. The molecule has 0 saturated carbocycles. The average Bonchev–Trinajstić information content (AvgIpc) is 3.54. The zero-order chi connectivity index (χ0) is 26.9. The van der Waals surface area contributed by atoms with Crippen molar-refractivity contribution in [3.05, 3.63) is 139 Å². The molecule has 0 spiro atoms. The number of amides is 1. The van der Waals surface area contributed by atoms with Crippen LogP contribution >= 0.6 is 11.3 Å². The fraction of sp³-hybridized carbons (Fsp3) is 0.0968. The fourth-order valence-electron chi connectivity index (χ4n) is 4.85. The lowest BCUT2D eigenvalue weighted by Crippen LogP contribution is -2.40. The third kappa shape index (κ3) is 4.55. The van der Waals surface area contributed by atoms with E-state index in [1.807, 2.05) is 105 Å². The number of nitrogens with zero attached hydrogens (tertiary/aromatic N) is 3. The number of aromatic nitrogens is 3. The first kappa shape index (κ1) is 24.5. The first-order valence-corrected chi connectivity index (χ1v) is 13.4. The monoisotopic (exact) mass is 531 g/mol. The number of hydrogen-bond donors (Lipinski definition) is 2. The molecule has 1 aliphatic rings. The summed E-state index contributed by atoms with van der Waals surface area (Å²) >= 11 is 1.31. The van der Waals surface area contributed by atoms with Gasteiger partial charge in [0, 0.05) is 16.8 Å². The van der Waals surface area contributed by atoms with Gasteiger partial charge in [0.25, 0.3) is 11.5 Å². The van der Waals surface area contributed by atoms with E-state index >= 15 is 0 Å². The van der Waals surface area contributed by atoms with Crippen LogP contribution < -0.4 is 20.2 Å². The van der Waals surface area contributed by atoms with E-state index in [9.17, 15) is 9.59 Å². The summed E-state index contributed by atoms with van der Waals surface area (Å²) in [7, 11) is 0. The van der Waals surface area contributed by atoms with Crippen LogP contribution in [0.3, 0.4) is 0 Å². The molecule has 1 amide bonds. The highest BCUT2D eigenvalue weighted by atomic mass is 32.1. The molecule has 192 valence electrons. The summed E-state index contributed by atoms with van der Waals surface area (Å²) in [5.74, 6) is -0.283. The molecule has 3 heterocycles. The van der Waals surface area contributed by atoms with Crippen molar-refractivity contribution in [3.63, 3.8) is 0 Å². The number of nitrogens with one attached hydrogen (secondary N) is 2. The van der Waals surface area contributed by atoms with Crippen molar-refractivity contribution >= 4 is 29.0 Å². The number of hydrogen-bond acceptors (Lipinski definition) is 5. The summed E-state index contributed by atoms with van der Waals surface area (Å²) in [6.07, 6.45) is 3.55. The summed E-state index contributed by atoms with van der Waals surface area (Å²) < 4.78 is 2.15. The molecule has 2 N–H and O–H groups in total. The van der Waals surface area contributed by atoms with Crippen molar-refractivity contribution < 1.29 is 4.79 Å². The zero-order valence-corrected chi connectivity index (χ0v) is 22.2. The lowest BCUT2D eigenvalue weighted by molar-refractivity contribution is -0.113. The molecule has 1 atom stereocenters. The molecule has 1 aliphatic heterocycles. The standard InChI is InChI=1S/C31H25N5O2S/c1-19-11-9-10-16-24(19)34-29(37)26-20(2)33-31-36(28(26)22-14-7-4-8-15-22)30(38)25(39-31)17-23-18-32-35-27(23)21-12-5-3-6-13-21/h3-18,28H,1-2H3,(H,32,35)(H,34,37)/b25-17+/t28-/m1/s1. The summed E-state index contributed by atoms with van der Waals surface area (Å²) in [6, 6.07) is 26.5. The highest BCUT2D eigenvalue weighted by Crippen LogP contribution is 2.31.